The number of carbonyl (C=O) groups is 2. The van der Waals surface area contributed by atoms with Crippen LogP contribution in [0.3, 0.4) is 0 Å². The van der Waals surface area contributed by atoms with Crippen molar-refractivity contribution in [1.82, 2.24) is 10.3 Å². The summed E-state index contributed by atoms with van der Waals surface area (Å²) in [4.78, 5) is 23.4. The van der Waals surface area contributed by atoms with Crippen molar-refractivity contribution in [1.29, 1.82) is 0 Å². The minimum Gasteiger partial charge on any atom is -0.487 e. The third kappa shape index (κ3) is 12.5. The van der Waals surface area contributed by atoms with Crippen LogP contribution in [0.1, 0.15) is 48.1 Å². The lowest BCUT2D eigenvalue weighted by Crippen LogP contribution is -2.29. The Bertz CT molecular complexity index is 1400. The second-order valence-corrected chi connectivity index (χ2v) is 10.1. The van der Waals surface area contributed by atoms with Crippen molar-refractivity contribution in [2.24, 2.45) is 0 Å². The summed E-state index contributed by atoms with van der Waals surface area (Å²) in [6.07, 6.45) is 5.63. The fourth-order valence-electron chi connectivity index (χ4n) is 4.50. The smallest absolute Gasteiger partial charge is 0.328 e. The van der Waals surface area contributed by atoms with Crippen LogP contribution in [0.5, 0.6) is 5.75 Å². The molecule has 0 aliphatic carbocycles. The second kappa shape index (κ2) is 17.9. The van der Waals surface area contributed by atoms with Gasteiger partial charge in [0.2, 0.25) is 0 Å². The SMILES string of the molecule is CC(Cc1ccc(OCc2ccccn2)cc1)NCCCC(c1ccc(F)cc1)c1ccc(F)cc1.O=C(O)/C=C\C(=O)O. The Morgan fingerprint density at radius 3 is 1.91 bits per heavy atom. The number of hydrogen-bond donors (Lipinski definition) is 3. The van der Waals surface area contributed by atoms with Crippen molar-refractivity contribution in [2.45, 2.75) is 44.8 Å². The molecule has 0 aliphatic rings. The fourth-order valence-corrected chi connectivity index (χ4v) is 4.50. The number of nitrogens with zero attached hydrogens (tertiary/aromatic N) is 1. The van der Waals surface area contributed by atoms with Gasteiger partial charge in [-0.05, 0) is 98.0 Å². The number of hydrogen-bond acceptors (Lipinski definition) is 5. The lowest BCUT2D eigenvalue weighted by Gasteiger charge is -2.20. The Balaban J connectivity index is 0.000000583. The predicted molar refractivity (Wildman–Crippen MR) is 164 cm³/mol. The summed E-state index contributed by atoms with van der Waals surface area (Å²) in [5, 5.41) is 19.2. The van der Waals surface area contributed by atoms with Gasteiger partial charge in [-0.2, -0.15) is 0 Å². The van der Waals surface area contributed by atoms with Gasteiger partial charge in [-0.15, -0.1) is 0 Å². The molecule has 44 heavy (non-hydrogen) atoms. The molecule has 0 aliphatic heterocycles. The number of ether oxygens (including phenoxy) is 1. The maximum absolute atomic E-state index is 13.4. The third-order valence-corrected chi connectivity index (χ3v) is 6.65. The number of rotatable bonds is 14. The largest absolute Gasteiger partial charge is 0.487 e. The molecule has 4 aromatic rings. The molecule has 4 rings (SSSR count). The van der Waals surface area contributed by atoms with E-state index in [0.717, 1.165) is 48.4 Å². The van der Waals surface area contributed by atoms with Gasteiger partial charge < -0.3 is 20.3 Å². The second-order valence-electron chi connectivity index (χ2n) is 10.1. The van der Waals surface area contributed by atoms with E-state index >= 15 is 0 Å². The summed E-state index contributed by atoms with van der Waals surface area (Å²) in [5.74, 6) is -2.08. The molecule has 1 aromatic heterocycles. The van der Waals surface area contributed by atoms with Gasteiger partial charge in [-0.25, -0.2) is 18.4 Å². The van der Waals surface area contributed by atoms with Crippen molar-refractivity contribution >= 4 is 11.9 Å². The maximum atomic E-state index is 13.4. The number of aromatic nitrogens is 1. The topological polar surface area (TPSA) is 109 Å². The van der Waals surface area contributed by atoms with E-state index < -0.39 is 11.9 Å². The Kier molecular flexibility index (Phi) is 13.7. The summed E-state index contributed by atoms with van der Waals surface area (Å²) in [5.41, 5.74) is 4.24. The molecule has 9 heteroatoms. The molecular formula is C35H36F2N2O5. The summed E-state index contributed by atoms with van der Waals surface area (Å²) in [7, 11) is 0. The normalized spacial score (nSPS) is 11.5. The number of halogens is 2. The van der Waals surface area contributed by atoms with E-state index in [2.05, 4.69) is 29.4 Å². The van der Waals surface area contributed by atoms with Gasteiger partial charge in [0.1, 0.15) is 24.0 Å². The quantitative estimate of drug-likeness (QED) is 0.108. The number of carboxylic acids is 2. The highest BCUT2D eigenvalue weighted by Gasteiger charge is 2.15. The maximum Gasteiger partial charge on any atom is 0.328 e. The van der Waals surface area contributed by atoms with Crippen LogP contribution >= 0.6 is 0 Å². The van der Waals surface area contributed by atoms with Crippen molar-refractivity contribution in [3.8, 4) is 5.75 Å². The standard InChI is InChI=1S/C31H32F2N2O.C4H4O4/c1-23(21-24-7-17-30(18-8-24)36-22-29-5-2-3-19-35-29)34-20-4-6-31(25-9-13-27(32)14-10-25)26-11-15-28(33)16-12-26;5-3(6)1-2-4(7)8/h2-3,5,7-19,23,31,34H,4,6,20-22H2,1H3;1-2H,(H,5,6)(H,7,8)/b;2-1-. The van der Waals surface area contributed by atoms with Crippen LogP contribution in [0.25, 0.3) is 0 Å². The van der Waals surface area contributed by atoms with Crippen molar-refractivity contribution in [2.75, 3.05) is 6.54 Å². The highest BCUT2D eigenvalue weighted by Crippen LogP contribution is 2.29. The molecule has 3 N–H and O–H groups in total. The highest BCUT2D eigenvalue weighted by atomic mass is 19.1. The molecule has 0 saturated carbocycles. The first-order valence-electron chi connectivity index (χ1n) is 14.2. The zero-order chi connectivity index (χ0) is 31.7. The molecule has 1 unspecified atom stereocenters. The Labute approximate surface area is 255 Å². The van der Waals surface area contributed by atoms with Gasteiger partial charge in [0.25, 0.3) is 0 Å². The molecular weight excluding hydrogens is 566 g/mol. The zero-order valence-corrected chi connectivity index (χ0v) is 24.4. The van der Waals surface area contributed by atoms with E-state index in [1.165, 1.54) is 29.8 Å². The minimum atomic E-state index is -1.26. The molecule has 0 spiro atoms. The number of nitrogens with one attached hydrogen (secondary N) is 1. The van der Waals surface area contributed by atoms with Crippen LogP contribution in [0.4, 0.5) is 8.78 Å². The fraction of sp³-hybridized carbons (Fsp3) is 0.229. The van der Waals surface area contributed by atoms with E-state index in [0.29, 0.717) is 24.8 Å². The molecule has 0 saturated heterocycles. The first-order chi connectivity index (χ1) is 21.2. The van der Waals surface area contributed by atoms with E-state index in [-0.39, 0.29) is 17.6 Å². The summed E-state index contributed by atoms with van der Waals surface area (Å²) >= 11 is 0. The van der Waals surface area contributed by atoms with Crippen LogP contribution in [0.15, 0.2) is 109 Å². The average molecular weight is 603 g/mol. The highest BCUT2D eigenvalue weighted by molar-refractivity contribution is 5.89. The van der Waals surface area contributed by atoms with Gasteiger partial charge in [0.15, 0.2) is 0 Å². The van der Waals surface area contributed by atoms with Crippen molar-refractivity contribution in [3.05, 3.63) is 143 Å². The molecule has 0 amide bonds. The Morgan fingerprint density at radius 2 is 1.41 bits per heavy atom. The monoisotopic (exact) mass is 602 g/mol. The number of carboxylic acid groups (broad SMARTS) is 2. The molecule has 0 fully saturated rings. The molecule has 3 aromatic carbocycles. The molecule has 230 valence electrons. The van der Waals surface area contributed by atoms with Gasteiger partial charge in [0.05, 0.1) is 5.69 Å². The zero-order valence-electron chi connectivity index (χ0n) is 24.4. The predicted octanol–water partition coefficient (Wildman–Crippen LogP) is 6.78. The Morgan fingerprint density at radius 1 is 0.841 bits per heavy atom. The summed E-state index contributed by atoms with van der Waals surface area (Å²) in [6, 6.07) is 27.6. The van der Waals surface area contributed by atoms with Crippen LogP contribution in [-0.4, -0.2) is 39.7 Å². The van der Waals surface area contributed by atoms with Crippen LogP contribution < -0.4 is 10.1 Å². The molecule has 0 radical (unpaired) electrons. The first-order valence-corrected chi connectivity index (χ1v) is 14.2. The minimum absolute atomic E-state index is 0.0990. The van der Waals surface area contributed by atoms with Crippen LogP contribution in [0, 0.1) is 11.6 Å². The van der Waals surface area contributed by atoms with Gasteiger partial charge in [-0.3, -0.25) is 4.98 Å². The number of benzene rings is 3. The van der Waals surface area contributed by atoms with Gasteiger partial charge >= 0.3 is 11.9 Å². The molecule has 7 nitrogen and oxygen atoms in total. The lowest BCUT2D eigenvalue weighted by molar-refractivity contribution is -0.134. The molecule has 1 atom stereocenters. The van der Waals surface area contributed by atoms with E-state index in [1.54, 1.807) is 6.20 Å². The average Bonchev–Trinajstić information content (AvgIpc) is 3.02. The van der Waals surface area contributed by atoms with Crippen molar-refractivity contribution in [3.63, 3.8) is 0 Å². The first kappa shape index (κ1) is 33.6. The van der Waals surface area contributed by atoms with Crippen LogP contribution in [0.2, 0.25) is 0 Å². The van der Waals surface area contributed by atoms with Gasteiger partial charge in [-0.1, -0.05) is 42.5 Å². The number of pyridine rings is 1. The Hall–Kier alpha value is -4.89. The third-order valence-electron chi connectivity index (χ3n) is 6.65. The van der Waals surface area contributed by atoms with Crippen molar-refractivity contribution < 1.29 is 33.3 Å². The summed E-state index contributed by atoms with van der Waals surface area (Å²) in [6.45, 7) is 3.50. The van der Waals surface area contributed by atoms with E-state index in [9.17, 15) is 18.4 Å². The van der Waals surface area contributed by atoms with E-state index in [1.807, 2.05) is 54.6 Å². The van der Waals surface area contributed by atoms with Crippen LogP contribution in [-0.2, 0) is 22.6 Å². The van der Waals surface area contributed by atoms with Gasteiger partial charge in [0, 0.05) is 30.3 Å². The van der Waals surface area contributed by atoms with E-state index in [4.69, 9.17) is 14.9 Å². The molecule has 0 bridgehead atoms. The molecule has 1 heterocycles. The number of aliphatic carboxylic acids is 2. The summed E-state index contributed by atoms with van der Waals surface area (Å²) < 4.78 is 32.7. The lowest BCUT2D eigenvalue weighted by atomic mass is 9.87.